The standard InChI is InChI=1S/C16H18N4O.C2H2O4/c21-16(15-4-2-6-18-12-15)20-9-7-19(8-10-20)13-14-3-1-5-17-11-14;3-1(4)2(5)6/h1-6,11-12H,7-10,13H2;(H,3,4)(H,5,6). The molecule has 3 heterocycles. The van der Waals surface area contributed by atoms with Gasteiger partial charge < -0.3 is 15.1 Å². The van der Waals surface area contributed by atoms with Gasteiger partial charge in [0.15, 0.2) is 0 Å². The lowest BCUT2D eigenvalue weighted by molar-refractivity contribution is -0.159. The summed E-state index contributed by atoms with van der Waals surface area (Å²) in [6, 6.07) is 7.65. The van der Waals surface area contributed by atoms with Crippen molar-refractivity contribution in [2.75, 3.05) is 26.2 Å². The quantitative estimate of drug-likeness (QED) is 0.750. The van der Waals surface area contributed by atoms with Crippen LogP contribution in [0, 0.1) is 0 Å². The summed E-state index contributed by atoms with van der Waals surface area (Å²) in [5, 5.41) is 14.8. The second kappa shape index (κ2) is 9.97. The third-order valence-corrected chi connectivity index (χ3v) is 3.88. The summed E-state index contributed by atoms with van der Waals surface area (Å²) in [4.78, 5) is 42.9. The van der Waals surface area contributed by atoms with Gasteiger partial charge in [0, 0.05) is 57.5 Å². The minimum Gasteiger partial charge on any atom is -0.473 e. The van der Waals surface area contributed by atoms with E-state index < -0.39 is 11.9 Å². The van der Waals surface area contributed by atoms with E-state index >= 15 is 0 Å². The molecular weight excluding hydrogens is 352 g/mol. The molecule has 3 rings (SSSR count). The van der Waals surface area contributed by atoms with Gasteiger partial charge in [-0.05, 0) is 23.8 Å². The number of rotatable bonds is 3. The van der Waals surface area contributed by atoms with Crippen LogP contribution in [0.25, 0.3) is 0 Å². The zero-order valence-corrected chi connectivity index (χ0v) is 14.6. The monoisotopic (exact) mass is 372 g/mol. The average Bonchev–Trinajstić information content (AvgIpc) is 2.70. The minimum absolute atomic E-state index is 0.0733. The molecular formula is C18H20N4O5. The van der Waals surface area contributed by atoms with Crippen LogP contribution < -0.4 is 0 Å². The van der Waals surface area contributed by atoms with Crippen LogP contribution in [0.15, 0.2) is 49.1 Å². The van der Waals surface area contributed by atoms with E-state index in [0.29, 0.717) is 5.56 Å². The number of aliphatic carboxylic acids is 2. The summed E-state index contributed by atoms with van der Waals surface area (Å²) >= 11 is 0. The van der Waals surface area contributed by atoms with Crippen molar-refractivity contribution in [3.8, 4) is 0 Å². The Balaban J connectivity index is 0.000000380. The maximum atomic E-state index is 12.3. The Kier molecular flexibility index (Phi) is 7.38. The fraction of sp³-hybridized carbons (Fsp3) is 0.278. The molecule has 0 atom stereocenters. The molecule has 2 aromatic heterocycles. The van der Waals surface area contributed by atoms with E-state index in [4.69, 9.17) is 19.8 Å². The molecule has 9 nitrogen and oxygen atoms in total. The molecule has 1 fully saturated rings. The Morgan fingerprint density at radius 1 is 0.889 bits per heavy atom. The molecule has 0 bridgehead atoms. The van der Waals surface area contributed by atoms with Gasteiger partial charge in [0.1, 0.15) is 0 Å². The largest absolute Gasteiger partial charge is 0.473 e. The number of hydrogen-bond donors (Lipinski definition) is 2. The normalized spacial score (nSPS) is 14.0. The molecule has 0 saturated carbocycles. The summed E-state index contributed by atoms with van der Waals surface area (Å²) in [6.45, 7) is 4.19. The highest BCUT2D eigenvalue weighted by atomic mass is 16.4. The molecule has 0 aromatic carbocycles. The summed E-state index contributed by atoms with van der Waals surface area (Å²) in [6.07, 6.45) is 6.99. The van der Waals surface area contributed by atoms with Crippen molar-refractivity contribution in [2.24, 2.45) is 0 Å². The van der Waals surface area contributed by atoms with Gasteiger partial charge in [-0.1, -0.05) is 6.07 Å². The van der Waals surface area contributed by atoms with Gasteiger partial charge in [0.2, 0.25) is 0 Å². The summed E-state index contributed by atoms with van der Waals surface area (Å²) in [5.74, 6) is -3.57. The van der Waals surface area contributed by atoms with Crippen molar-refractivity contribution in [3.05, 3.63) is 60.2 Å². The highest BCUT2D eigenvalue weighted by molar-refractivity contribution is 6.27. The number of carbonyl (C=O) groups is 3. The number of hydrogen-bond acceptors (Lipinski definition) is 6. The van der Waals surface area contributed by atoms with Gasteiger partial charge in [-0.3, -0.25) is 19.7 Å². The fourth-order valence-corrected chi connectivity index (χ4v) is 2.53. The molecule has 27 heavy (non-hydrogen) atoms. The molecule has 0 unspecified atom stereocenters. The number of carboxylic acids is 2. The van der Waals surface area contributed by atoms with Crippen LogP contribution in [0.3, 0.4) is 0 Å². The third-order valence-electron chi connectivity index (χ3n) is 3.88. The Labute approximate surface area is 155 Å². The van der Waals surface area contributed by atoms with Gasteiger partial charge in [-0.2, -0.15) is 0 Å². The number of carbonyl (C=O) groups excluding carboxylic acids is 1. The smallest absolute Gasteiger partial charge is 0.414 e. The van der Waals surface area contributed by atoms with Gasteiger partial charge in [-0.15, -0.1) is 0 Å². The van der Waals surface area contributed by atoms with Crippen molar-refractivity contribution >= 4 is 17.8 Å². The van der Waals surface area contributed by atoms with Crippen molar-refractivity contribution in [1.82, 2.24) is 19.8 Å². The molecule has 2 N–H and O–H groups in total. The maximum absolute atomic E-state index is 12.3. The number of piperazine rings is 1. The predicted molar refractivity (Wildman–Crippen MR) is 94.9 cm³/mol. The second-order valence-electron chi connectivity index (χ2n) is 5.78. The van der Waals surface area contributed by atoms with Crippen molar-refractivity contribution < 1.29 is 24.6 Å². The van der Waals surface area contributed by atoms with E-state index in [1.54, 1.807) is 24.7 Å². The van der Waals surface area contributed by atoms with E-state index in [1.807, 2.05) is 23.2 Å². The molecule has 1 aliphatic heterocycles. The first kappa shape index (κ1) is 20.0. The Bertz CT molecular complexity index is 750. The fourth-order valence-electron chi connectivity index (χ4n) is 2.53. The van der Waals surface area contributed by atoms with E-state index in [1.165, 1.54) is 5.56 Å². The first-order valence-corrected chi connectivity index (χ1v) is 8.24. The van der Waals surface area contributed by atoms with Gasteiger partial charge >= 0.3 is 11.9 Å². The van der Waals surface area contributed by atoms with Gasteiger partial charge in [0.25, 0.3) is 5.91 Å². The van der Waals surface area contributed by atoms with Crippen LogP contribution >= 0.6 is 0 Å². The molecule has 1 aliphatic rings. The Hall–Kier alpha value is -3.33. The summed E-state index contributed by atoms with van der Waals surface area (Å²) in [5.41, 5.74) is 1.88. The first-order valence-electron chi connectivity index (χ1n) is 8.24. The topological polar surface area (TPSA) is 124 Å². The number of nitrogens with zero attached hydrogens (tertiary/aromatic N) is 4. The van der Waals surface area contributed by atoms with Crippen LogP contribution in [0.5, 0.6) is 0 Å². The van der Waals surface area contributed by atoms with Crippen molar-refractivity contribution in [1.29, 1.82) is 0 Å². The first-order chi connectivity index (χ1) is 13.0. The molecule has 0 radical (unpaired) electrons. The molecule has 142 valence electrons. The third kappa shape index (κ3) is 6.48. The number of amides is 1. The van der Waals surface area contributed by atoms with Crippen LogP contribution in [-0.2, 0) is 16.1 Å². The molecule has 2 aromatic rings. The van der Waals surface area contributed by atoms with Gasteiger partial charge in [-0.25, -0.2) is 9.59 Å². The molecule has 0 spiro atoms. The minimum atomic E-state index is -1.82. The van der Waals surface area contributed by atoms with Crippen LogP contribution in [-0.4, -0.2) is 74.0 Å². The average molecular weight is 372 g/mol. The van der Waals surface area contributed by atoms with Crippen molar-refractivity contribution in [3.63, 3.8) is 0 Å². The van der Waals surface area contributed by atoms with Crippen LogP contribution in [0.4, 0.5) is 0 Å². The van der Waals surface area contributed by atoms with E-state index in [-0.39, 0.29) is 5.91 Å². The van der Waals surface area contributed by atoms with Crippen LogP contribution in [0.1, 0.15) is 15.9 Å². The maximum Gasteiger partial charge on any atom is 0.414 e. The summed E-state index contributed by atoms with van der Waals surface area (Å²) in [7, 11) is 0. The van der Waals surface area contributed by atoms with E-state index in [2.05, 4.69) is 20.9 Å². The zero-order chi connectivity index (χ0) is 19.6. The Morgan fingerprint density at radius 2 is 1.48 bits per heavy atom. The lowest BCUT2D eigenvalue weighted by atomic mass is 10.2. The van der Waals surface area contributed by atoms with Gasteiger partial charge in [0.05, 0.1) is 5.56 Å². The molecule has 9 heteroatoms. The second-order valence-corrected chi connectivity index (χ2v) is 5.78. The number of pyridine rings is 2. The number of aromatic nitrogens is 2. The lowest BCUT2D eigenvalue weighted by Gasteiger charge is -2.34. The van der Waals surface area contributed by atoms with Crippen molar-refractivity contribution in [2.45, 2.75) is 6.54 Å². The molecule has 1 saturated heterocycles. The highest BCUT2D eigenvalue weighted by Gasteiger charge is 2.22. The lowest BCUT2D eigenvalue weighted by Crippen LogP contribution is -2.48. The number of carboxylic acid groups (broad SMARTS) is 2. The molecule has 1 amide bonds. The van der Waals surface area contributed by atoms with E-state index in [9.17, 15) is 4.79 Å². The zero-order valence-electron chi connectivity index (χ0n) is 14.6. The highest BCUT2D eigenvalue weighted by Crippen LogP contribution is 2.10. The van der Waals surface area contributed by atoms with E-state index in [0.717, 1.165) is 32.7 Å². The summed E-state index contributed by atoms with van der Waals surface area (Å²) < 4.78 is 0. The Morgan fingerprint density at radius 3 is 1.96 bits per heavy atom. The SMILES string of the molecule is O=C(O)C(=O)O.O=C(c1cccnc1)N1CCN(Cc2cccnc2)CC1. The molecule has 0 aliphatic carbocycles. The van der Waals surface area contributed by atoms with Crippen LogP contribution in [0.2, 0.25) is 0 Å². The predicted octanol–water partition coefficient (Wildman–Crippen LogP) is 0.590.